The summed E-state index contributed by atoms with van der Waals surface area (Å²) in [7, 11) is 0. The number of carbonyl (C=O) groups excluding carboxylic acids is 1. The van der Waals surface area contributed by atoms with Gasteiger partial charge in [-0.15, -0.1) is 11.8 Å². The van der Waals surface area contributed by atoms with Gasteiger partial charge in [0.1, 0.15) is 0 Å². The highest BCUT2D eigenvalue weighted by Gasteiger charge is 2.50. The van der Waals surface area contributed by atoms with Crippen LogP contribution in [0.3, 0.4) is 0 Å². The predicted octanol–water partition coefficient (Wildman–Crippen LogP) is 2.82. The fourth-order valence-electron chi connectivity index (χ4n) is 2.00. The molecule has 1 aromatic carbocycles. The zero-order chi connectivity index (χ0) is 10.5. The number of aryl methyl sites for hydroxylation is 1. The van der Waals surface area contributed by atoms with Crippen LogP contribution in [0.4, 0.5) is 5.69 Å². The number of thioether (sulfide) groups is 1. The molecule has 3 rings (SSSR count). The first kappa shape index (κ1) is 9.28. The Balaban J connectivity index is 2.04. The first-order chi connectivity index (χ1) is 7.21. The average Bonchev–Trinajstić information content (AvgIpc) is 2.98. The molecule has 0 bridgehead atoms. The van der Waals surface area contributed by atoms with Crippen molar-refractivity contribution in [2.45, 2.75) is 24.7 Å². The molecule has 1 aliphatic heterocycles. The van der Waals surface area contributed by atoms with Crippen molar-refractivity contribution >= 4 is 23.4 Å². The molecule has 0 saturated heterocycles. The summed E-state index contributed by atoms with van der Waals surface area (Å²) < 4.78 is 0. The van der Waals surface area contributed by atoms with E-state index in [1.165, 1.54) is 10.5 Å². The van der Waals surface area contributed by atoms with Crippen molar-refractivity contribution in [3.05, 3.63) is 23.8 Å². The molecule has 1 fully saturated rings. The first-order valence-electron chi connectivity index (χ1n) is 5.25. The molecule has 1 saturated carbocycles. The second kappa shape index (κ2) is 3.01. The lowest BCUT2D eigenvalue weighted by atomic mass is 10.1. The van der Waals surface area contributed by atoms with Crippen LogP contribution in [0.25, 0.3) is 0 Å². The fraction of sp³-hybridized carbons (Fsp3) is 0.417. The molecule has 0 atom stereocenters. The molecule has 15 heavy (non-hydrogen) atoms. The number of fused-ring (bicyclic) bond motifs is 1. The lowest BCUT2D eigenvalue weighted by molar-refractivity contribution is -0.120. The lowest BCUT2D eigenvalue weighted by Crippen LogP contribution is -2.24. The van der Waals surface area contributed by atoms with Gasteiger partial charge >= 0.3 is 0 Å². The quantitative estimate of drug-likeness (QED) is 0.727. The Bertz CT molecular complexity index is 437. The third kappa shape index (κ3) is 1.37. The molecule has 1 spiro atoms. The largest absolute Gasteiger partial charge is 0.325 e. The average molecular weight is 219 g/mol. The molecule has 78 valence electrons. The van der Waals surface area contributed by atoms with E-state index in [0.29, 0.717) is 0 Å². The van der Waals surface area contributed by atoms with E-state index in [0.717, 1.165) is 24.3 Å². The minimum absolute atomic E-state index is 0.0455. The van der Waals surface area contributed by atoms with E-state index in [4.69, 9.17) is 0 Å². The van der Waals surface area contributed by atoms with Crippen molar-refractivity contribution in [2.75, 3.05) is 11.1 Å². The van der Waals surface area contributed by atoms with Crippen LogP contribution in [0.2, 0.25) is 0 Å². The predicted molar refractivity (Wildman–Crippen MR) is 62.2 cm³/mol. The van der Waals surface area contributed by atoms with Crippen molar-refractivity contribution in [1.29, 1.82) is 0 Å². The van der Waals surface area contributed by atoms with Crippen LogP contribution >= 0.6 is 11.8 Å². The normalized spacial score (nSPS) is 21.8. The molecule has 1 aromatic rings. The van der Waals surface area contributed by atoms with Crippen molar-refractivity contribution in [3.63, 3.8) is 0 Å². The Labute approximate surface area is 93.4 Å². The third-order valence-electron chi connectivity index (χ3n) is 3.29. The molecule has 0 radical (unpaired) electrons. The molecule has 1 amide bonds. The van der Waals surface area contributed by atoms with Crippen LogP contribution in [0.1, 0.15) is 18.4 Å². The number of hydrogen-bond acceptors (Lipinski definition) is 2. The SMILES string of the molecule is Cc1cccc2c1SCC1(CC1)C(=O)N2. The Morgan fingerprint density at radius 2 is 2.20 bits per heavy atom. The van der Waals surface area contributed by atoms with Crippen LogP contribution in [-0.4, -0.2) is 11.7 Å². The maximum Gasteiger partial charge on any atom is 0.231 e. The summed E-state index contributed by atoms with van der Waals surface area (Å²) in [6, 6.07) is 6.09. The van der Waals surface area contributed by atoms with Gasteiger partial charge in [-0.1, -0.05) is 12.1 Å². The van der Waals surface area contributed by atoms with Crippen LogP contribution < -0.4 is 5.32 Å². The summed E-state index contributed by atoms with van der Waals surface area (Å²) in [5.41, 5.74) is 2.21. The molecular formula is C12H13NOS. The standard InChI is InChI=1S/C12H13NOS/c1-8-3-2-4-9-10(8)15-7-12(5-6-12)11(14)13-9/h2-4H,5-7H2,1H3,(H,13,14). The van der Waals surface area contributed by atoms with Crippen molar-refractivity contribution < 1.29 is 4.79 Å². The molecule has 2 aliphatic rings. The van der Waals surface area contributed by atoms with Gasteiger partial charge in [-0.05, 0) is 31.4 Å². The zero-order valence-corrected chi connectivity index (χ0v) is 9.49. The van der Waals surface area contributed by atoms with Gasteiger partial charge in [0.2, 0.25) is 5.91 Å². The van der Waals surface area contributed by atoms with Crippen molar-refractivity contribution in [2.24, 2.45) is 5.41 Å². The number of amides is 1. The topological polar surface area (TPSA) is 29.1 Å². The number of anilines is 1. The number of rotatable bonds is 0. The molecule has 0 aromatic heterocycles. The molecule has 1 N–H and O–H groups in total. The summed E-state index contributed by atoms with van der Waals surface area (Å²) >= 11 is 1.83. The minimum atomic E-state index is -0.0455. The monoisotopic (exact) mass is 219 g/mol. The zero-order valence-electron chi connectivity index (χ0n) is 8.67. The summed E-state index contributed by atoms with van der Waals surface area (Å²) in [5.74, 6) is 1.16. The highest BCUT2D eigenvalue weighted by Crippen LogP contribution is 2.53. The van der Waals surface area contributed by atoms with Crippen LogP contribution in [-0.2, 0) is 4.79 Å². The molecule has 1 aliphatic carbocycles. The summed E-state index contributed by atoms with van der Waals surface area (Å²) in [6.07, 6.45) is 2.11. The van der Waals surface area contributed by atoms with Gasteiger partial charge in [0.15, 0.2) is 0 Å². The van der Waals surface area contributed by atoms with Gasteiger partial charge in [0.05, 0.1) is 11.1 Å². The van der Waals surface area contributed by atoms with E-state index in [-0.39, 0.29) is 11.3 Å². The second-order valence-corrected chi connectivity index (χ2v) is 5.46. The van der Waals surface area contributed by atoms with Gasteiger partial charge in [0.25, 0.3) is 0 Å². The molecule has 0 unspecified atom stereocenters. The van der Waals surface area contributed by atoms with E-state index in [1.807, 2.05) is 23.9 Å². The summed E-state index contributed by atoms with van der Waals surface area (Å²) in [6.45, 7) is 2.10. The fourth-order valence-corrected chi connectivity index (χ4v) is 3.41. The maximum atomic E-state index is 11.9. The smallest absolute Gasteiger partial charge is 0.231 e. The van der Waals surface area contributed by atoms with E-state index in [1.54, 1.807) is 0 Å². The van der Waals surface area contributed by atoms with Gasteiger partial charge in [-0.2, -0.15) is 0 Å². The highest BCUT2D eigenvalue weighted by molar-refractivity contribution is 7.99. The van der Waals surface area contributed by atoms with Crippen molar-refractivity contribution in [3.8, 4) is 0 Å². The number of benzene rings is 1. The lowest BCUT2D eigenvalue weighted by Gasteiger charge is -2.08. The highest BCUT2D eigenvalue weighted by atomic mass is 32.2. The van der Waals surface area contributed by atoms with E-state index in [2.05, 4.69) is 18.3 Å². The van der Waals surface area contributed by atoms with Crippen LogP contribution in [0.5, 0.6) is 0 Å². The number of nitrogens with one attached hydrogen (secondary N) is 1. The molecule has 2 nitrogen and oxygen atoms in total. The van der Waals surface area contributed by atoms with E-state index >= 15 is 0 Å². The third-order valence-corrected chi connectivity index (χ3v) is 4.82. The van der Waals surface area contributed by atoms with Crippen LogP contribution in [0.15, 0.2) is 23.1 Å². The second-order valence-electron chi connectivity index (χ2n) is 4.47. The summed E-state index contributed by atoms with van der Waals surface area (Å²) in [5, 5.41) is 3.06. The molecule has 1 heterocycles. The van der Waals surface area contributed by atoms with Gasteiger partial charge in [-0.3, -0.25) is 4.79 Å². The Morgan fingerprint density at radius 1 is 1.40 bits per heavy atom. The van der Waals surface area contributed by atoms with Gasteiger partial charge in [0, 0.05) is 10.6 Å². The number of hydrogen-bond donors (Lipinski definition) is 1. The van der Waals surface area contributed by atoms with Crippen LogP contribution in [0, 0.1) is 12.3 Å². The number of carbonyl (C=O) groups is 1. The Hall–Kier alpha value is -0.960. The van der Waals surface area contributed by atoms with E-state index in [9.17, 15) is 4.79 Å². The van der Waals surface area contributed by atoms with Gasteiger partial charge in [-0.25, -0.2) is 0 Å². The van der Waals surface area contributed by atoms with Gasteiger partial charge < -0.3 is 5.32 Å². The molecule has 3 heteroatoms. The summed E-state index contributed by atoms with van der Waals surface area (Å²) in [4.78, 5) is 13.2. The minimum Gasteiger partial charge on any atom is -0.325 e. The maximum absolute atomic E-state index is 11.9. The van der Waals surface area contributed by atoms with E-state index < -0.39 is 0 Å². The first-order valence-corrected chi connectivity index (χ1v) is 6.24. The Morgan fingerprint density at radius 3 is 2.93 bits per heavy atom. The van der Waals surface area contributed by atoms with Crippen molar-refractivity contribution in [1.82, 2.24) is 0 Å². The molecular weight excluding hydrogens is 206 g/mol. The Kier molecular flexibility index (Phi) is 1.87.